The number of imidazole rings is 1. The predicted octanol–water partition coefficient (Wildman–Crippen LogP) is 2.69. The number of fused-ring (bicyclic) bond motifs is 2. The lowest BCUT2D eigenvalue weighted by Gasteiger charge is -2.05. The van der Waals surface area contributed by atoms with Crippen molar-refractivity contribution in [3.05, 3.63) is 60.0 Å². The van der Waals surface area contributed by atoms with Crippen LogP contribution in [0.5, 0.6) is 5.75 Å². The molecule has 0 aliphatic carbocycles. The fourth-order valence-electron chi connectivity index (χ4n) is 2.88. The molecule has 2 aromatic heterocycles. The molecule has 4 aromatic rings. The molecule has 0 bridgehead atoms. The molecule has 0 saturated carbocycles. The number of ether oxygens (including phenoxy) is 1. The maximum Gasteiger partial charge on any atom is 0.322 e. The molecular weight excluding hydrogens is 346 g/mol. The average Bonchev–Trinajstić information content (AvgIpc) is 3.29. The molecule has 0 aliphatic heterocycles. The summed E-state index contributed by atoms with van der Waals surface area (Å²) in [5.74, 6) is 0.734. The van der Waals surface area contributed by atoms with Crippen LogP contribution in [0.4, 0.5) is 4.79 Å². The van der Waals surface area contributed by atoms with Crippen molar-refractivity contribution in [3.63, 3.8) is 0 Å². The zero-order valence-corrected chi connectivity index (χ0v) is 14.5. The Morgan fingerprint density at radius 1 is 1.15 bits per heavy atom. The van der Waals surface area contributed by atoms with E-state index in [4.69, 9.17) is 4.74 Å². The quantitative estimate of drug-likeness (QED) is 0.446. The number of para-hydroxylation sites is 2. The molecule has 0 saturated heterocycles. The average molecular weight is 363 g/mol. The summed E-state index contributed by atoms with van der Waals surface area (Å²) in [6.07, 6.45) is 1.56. The number of benzene rings is 2. The second-order valence-corrected chi connectivity index (χ2v) is 5.95. The van der Waals surface area contributed by atoms with Gasteiger partial charge in [0, 0.05) is 17.1 Å². The van der Waals surface area contributed by atoms with Gasteiger partial charge < -0.3 is 20.0 Å². The minimum absolute atomic E-state index is 0.176. The third-order valence-electron chi connectivity index (χ3n) is 4.22. The SMILES string of the molecule is COc1ccc2[nH]cc(C(=O)NC(=O)NCc3nc4ccccc4[nH]3)c2c1. The van der Waals surface area contributed by atoms with Gasteiger partial charge in [-0.15, -0.1) is 0 Å². The molecule has 4 rings (SSSR count). The zero-order chi connectivity index (χ0) is 18.8. The van der Waals surface area contributed by atoms with E-state index in [1.807, 2.05) is 30.3 Å². The van der Waals surface area contributed by atoms with Crippen LogP contribution in [0.25, 0.3) is 21.9 Å². The van der Waals surface area contributed by atoms with Gasteiger partial charge in [0.25, 0.3) is 5.91 Å². The number of nitrogens with zero attached hydrogens (tertiary/aromatic N) is 1. The lowest BCUT2D eigenvalue weighted by atomic mass is 10.1. The van der Waals surface area contributed by atoms with Crippen molar-refractivity contribution < 1.29 is 14.3 Å². The molecule has 0 aliphatic rings. The first kappa shape index (κ1) is 16.6. The van der Waals surface area contributed by atoms with Gasteiger partial charge >= 0.3 is 6.03 Å². The van der Waals surface area contributed by atoms with Crippen LogP contribution in [0.2, 0.25) is 0 Å². The number of aromatic nitrogens is 3. The summed E-state index contributed by atoms with van der Waals surface area (Å²) in [6, 6.07) is 12.3. The topological polar surface area (TPSA) is 112 Å². The molecule has 0 spiro atoms. The molecule has 3 amide bonds. The Bertz CT molecular complexity index is 1110. The van der Waals surface area contributed by atoms with E-state index in [1.54, 1.807) is 25.4 Å². The molecule has 27 heavy (non-hydrogen) atoms. The number of carbonyl (C=O) groups excluding carboxylic acids is 2. The van der Waals surface area contributed by atoms with E-state index in [0.717, 1.165) is 16.6 Å². The number of methoxy groups -OCH3 is 1. The monoisotopic (exact) mass is 363 g/mol. The zero-order valence-electron chi connectivity index (χ0n) is 14.5. The highest BCUT2D eigenvalue weighted by atomic mass is 16.5. The number of carbonyl (C=O) groups is 2. The smallest absolute Gasteiger partial charge is 0.322 e. The van der Waals surface area contributed by atoms with Crippen LogP contribution < -0.4 is 15.4 Å². The van der Waals surface area contributed by atoms with E-state index in [-0.39, 0.29) is 6.54 Å². The predicted molar refractivity (Wildman–Crippen MR) is 101 cm³/mol. The maximum absolute atomic E-state index is 12.4. The Balaban J connectivity index is 1.42. The van der Waals surface area contributed by atoms with Gasteiger partial charge in [0.1, 0.15) is 11.6 Å². The summed E-state index contributed by atoms with van der Waals surface area (Å²) in [5, 5.41) is 5.63. The van der Waals surface area contributed by atoms with Gasteiger partial charge in [-0.1, -0.05) is 12.1 Å². The molecule has 0 fully saturated rings. The first-order valence-electron chi connectivity index (χ1n) is 8.32. The van der Waals surface area contributed by atoms with E-state index < -0.39 is 11.9 Å². The molecule has 0 atom stereocenters. The summed E-state index contributed by atoms with van der Waals surface area (Å²) in [5.41, 5.74) is 2.85. The van der Waals surface area contributed by atoms with Crippen LogP contribution >= 0.6 is 0 Å². The van der Waals surface area contributed by atoms with Gasteiger partial charge in [-0.2, -0.15) is 0 Å². The molecule has 2 heterocycles. The summed E-state index contributed by atoms with van der Waals surface area (Å²) in [7, 11) is 1.55. The van der Waals surface area contributed by atoms with Crippen LogP contribution in [-0.2, 0) is 6.54 Å². The molecule has 8 heteroatoms. The highest BCUT2D eigenvalue weighted by Gasteiger charge is 2.15. The largest absolute Gasteiger partial charge is 0.497 e. The molecule has 0 radical (unpaired) electrons. The van der Waals surface area contributed by atoms with E-state index in [1.165, 1.54) is 0 Å². The highest BCUT2D eigenvalue weighted by molar-refractivity contribution is 6.12. The number of imide groups is 1. The van der Waals surface area contributed by atoms with Gasteiger partial charge in [0.2, 0.25) is 0 Å². The number of amides is 3. The fraction of sp³-hybridized carbons (Fsp3) is 0.105. The second kappa shape index (κ2) is 6.83. The Kier molecular flexibility index (Phi) is 4.21. The standard InChI is InChI=1S/C19H17N5O3/c1-27-11-6-7-14-12(8-11)13(9-20-14)18(25)24-19(26)21-10-17-22-15-4-2-3-5-16(15)23-17/h2-9,20H,10H2,1H3,(H,22,23)(H2,21,24,25,26). The highest BCUT2D eigenvalue weighted by Crippen LogP contribution is 2.23. The van der Waals surface area contributed by atoms with Crippen molar-refractivity contribution in [1.29, 1.82) is 0 Å². The molecule has 4 N–H and O–H groups in total. The molecule has 0 unspecified atom stereocenters. The molecule has 8 nitrogen and oxygen atoms in total. The van der Waals surface area contributed by atoms with E-state index in [0.29, 0.717) is 22.5 Å². The van der Waals surface area contributed by atoms with Gasteiger partial charge in [0.15, 0.2) is 0 Å². The summed E-state index contributed by atoms with van der Waals surface area (Å²) < 4.78 is 5.18. The van der Waals surface area contributed by atoms with Crippen molar-refractivity contribution in [2.75, 3.05) is 7.11 Å². The molecule has 2 aromatic carbocycles. The fourth-order valence-corrected chi connectivity index (χ4v) is 2.88. The number of aromatic amines is 2. The molecular formula is C19H17N5O3. The van der Waals surface area contributed by atoms with Crippen LogP contribution in [0.3, 0.4) is 0 Å². The summed E-state index contributed by atoms with van der Waals surface area (Å²) >= 11 is 0. The Morgan fingerprint density at radius 2 is 2.00 bits per heavy atom. The van der Waals surface area contributed by atoms with Crippen molar-refractivity contribution in [2.45, 2.75) is 6.54 Å². The van der Waals surface area contributed by atoms with Crippen LogP contribution in [0.15, 0.2) is 48.7 Å². The normalized spacial score (nSPS) is 10.9. The third-order valence-corrected chi connectivity index (χ3v) is 4.22. The second-order valence-electron chi connectivity index (χ2n) is 5.95. The van der Waals surface area contributed by atoms with Gasteiger partial charge in [0.05, 0.1) is 30.3 Å². The van der Waals surface area contributed by atoms with Gasteiger partial charge in [-0.3, -0.25) is 10.1 Å². The summed E-state index contributed by atoms with van der Waals surface area (Å²) in [4.78, 5) is 35.0. The number of urea groups is 1. The van der Waals surface area contributed by atoms with E-state index >= 15 is 0 Å². The minimum atomic E-state index is -0.599. The van der Waals surface area contributed by atoms with Crippen LogP contribution in [-0.4, -0.2) is 34.0 Å². The minimum Gasteiger partial charge on any atom is -0.497 e. The van der Waals surface area contributed by atoms with Crippen molar-refractivity contribution in [2.24, 2.45) is 0 Å². The maximum atomic E-state index is 12.4. The van der Waals surface area contributed by atoms with Crippen LogP contribution in [0, 0.1) is 0 Å². The van der Waals surface area contributed by atoms with E-state index in [9.17, 15) is 9.59 Å². The van der Waals surface area contributed by atoms with Crippen molar-refractivity contribution >= 4 is 33.9 Å². The summed E-state index contributed by atoms with van der Waals surface area (Å²) in [6.45, 7) is 0.176. The molecule has 136 valence electrons. The lowest BCUT2D eigenvalue weighted by Crippen LogP contribution is -2.39. The Morgan fingerprint density at radius 3 is 2.81 bits per heavy atom. The van der Waals surface area contributed by atoms with Gasteiger partial charge in [-0.05, 0) is 30.3 Å². The van der Waals surface area contributed by atoms with Crippen molar-refractivity contribution in [3.8, 4) is 5.75 Å². The van der Waals surface area contributed by atoms with Crippen LogP contribution in [0.1, 0.15) is 16.2 Å². The van der Waals surface area contributed by atoms with Crippen molar-refractivity contribution in [1.82, 2.24) is 25.6 Å². The number of nitrogens with one attached hydrogen (secondary N) is 4. The lowest BCUT2D eigenvalue weighted by molar-refractivity contribution is 0.0965. The number of rotatable bonds is 4. The number of hydrogen-bond acceptors (Lipinski definition) is 4. The first-order chi connectivity index (χ1) is 13.1. The van der Waals surface area contributed by atoms with Gasteiger partial charge in [-0.25, -0.2) is 9.78 Å². The number of H-pyrrole nitrogens is 2. The first-order valence-corrected chi connectivity index (χ1v) is 8.32. The van der Waals surface area contributed by atoms with E-state index in [2.05, 4.69) is 25.6 Å². The third kappa shape index (κ3) is 3.32. The number of hydrogen-bond donors (Lipinski definition) is 4. The Hall–Kier alpha value is -3.81. The Labute approximate surface area is 153 Å².